The molecule has 0 aliphatic carbocycles. The second-order valence-corrected chi connectivity index (χ2v) is 8.53. The Bertz CT molecular complexity index is 1460. The Morgan fingerprint density at radius 1 is 0.971 bits per heavy atom. The average molecular weight is 467 g/mol. The van der Waals surface area contributed by atoms with Crippen LogP contribution in [0.3, 0.4) is 0 Å². The van der Waals surface area contributed by atoms with Gasteiger partial charge in [0.25, 0.3) is 0 Å². The van der Waals surface area contributed by atoms with Crippen LogP contribution in [0.15, 0.2) is 78.5 Å². The van der Waals surface area contributed by atoms with Gasteiger partial charge in [0.05, 0.1) is 5.71 Å². The van der Waals surface area contributed by atoms with E-state index in [0.717, 1.165) is 39.5 Å². The molecular weight excluding hydrogens is 436 g/mol. The van der Waals surface area contributed by atoms with Crippen molar-refractivity contribution in [2.75, 3.05) is 0 Å². The monoisotopic (exact) mass is 466 g/mol. The highest BCUT2D eigenvalue weighted by Crippen LogP contribution is 2.32. The Morgan fingerprint density at radius 2 is 1.63 bits per heavy atom. The van der Waals surface area contributed by atoms with Crippen molar-refractivity contribution in [3.05, 3.63) is 95.6 Å². The van der Waals surface area contributed by atoms with Gasteiger partial charge in [-0.25, -0.2) is 4.79 Å². The molecule has 0 unspecified atom stereocenters. The van der Waals surface area contributed by atoms with Crippen molar-refractivity contribution in [2.24, 2.45) is 5.16 Å². The number of carbonyl (C=O) groups excluding carboxylic acids is 2. The van der Waals surface area contributed by atoms with Gasteiger partial charge < -0.3 is 9.40 Å². The van der Waals surface area contributed by atoms with Gasteiger partial charge in [0.1, 0.15) is 0 Å². The third-order valence-electron chi connectivity index (χ3n) is 6.30. The molecule has 0 radical (unpaired) electrons. The molecule has 0 saturated carbocycles. The third-order valence-corrected chi connectivity index (χ3v) is 6.30. The zero-order valence-electron chi connectivity index (χ0n) is 20.5. The summed E-state index contributed by atoms with van der Waals surface area (Å²) in [7, 11) is 0. The Balaban J connectivity index is 1.86. The molecular formula is C30H30N2O3. The maximum atomic E-state index is 13.3. The third kappa shape index (κ3) is 4.80. The van der Waals surface area contributed by atoms with E-state index in [9.17, 15) is 9.59 Å². The molecule has 178 valence electrons. The number of carbonyl (C=O) groups is 2. The minimum atomic E-state index is -0.371. The Kier molecular flexibility index (Phi) is 7.25. The van der Waals surface area contributed by atoms with Crippen LogP contribution in [0.25, 0.3) is 21.8 Å². The molecule has 0 atom stereocenters. The second-order valence-electron chi connectivity index (χ2n) is 8.53. The first kappa shape index (κ1) is 24.1. The summed E-state index contributed by atoms with van der Waals surface area (Å²) in [5, 5.41) is 6.21. The lowest BCUT2D eigenvalue weighted by atomic mass is 9.97. The molecule has 4 aromatic rings. The Hall–Kier alpha value is -3.99. The lowest BCUT2D eigenvalue weighted by Crippen LogP contribution is -2.05. The summed E-state index contributed by atoms with van der Waals surface area (Å²) in [5.41, 5.74) is 6.06. The number of fused-ring (bicyclic) bond motifs is 3. The van der Waals surface area contributed by atoms with E-state index in [1.807, 2.05) is 61.5 Å². The fourth-order valence-corrected chi connectivity index (χ4v) is 4.40. The predicted molar refractivity (Wildman–Crippen MR) is 142 cm³/mol. The van der Waals surface area contributed by atoms with E-state index < -0.39 is 0 Å². The quantitative estimate of drug-likeness (QED) is 0.0879. The maximum Gasteiger partial charge on any atom is 0.334 e. The van der Waals surface area contributed by atoms with E-state index in [2.05, 4.69) is 35.4 Å². The van der Waals surface area contributed by atoms with Gasteiger partial charge in [0.2, 0.25) is 0 Å². The van der Waals surface area contributed by atoms with Gasteiger partial charge >= 0.3 is 5.97 Å². The van der Waals surface area contributed by atoms with E-state index in [0.29, 0.717) is 29.7 Å². The summed E-state index contributed by atoms with van der Waals surface area (Å²) in [4.78, 5) is 30.1. The summed E-state index contributed by atoms with van der Waals surface area (Å²) in [6, 6.07) is 19.7. The van der Waals surface area contributed by atoms with Gasteiger partial charge in [-0.1, -0.05) is 48.5 Å². The first-order valence-electron chi connectivity index (χ1n) is 12.0. The lowest BCUT2D eigenvalue weighted by molar-refractivity contribution is -0.143. The first-order chi connectivity index (χ1) is 17.0. The molecule has 0 aliphatic rings. The number of rotatable bonds is 9. The van der Waals surface area contributed by atoms with Crippen molar-refractivity contribution < 1.29 is 14.4 Å². The number of allylic oxidation sites excluding steroid dienone is 1. The van der Waals surface area contributed by atoms with E-state index in [1.165, 1.54) is 0 Å². The molecule has 1 aromatic heterocycles. The van der Waals surface area contributed by atoms with Crippen LogP contribution in [0.4, 0.5) is 0 Å². The van der Waals surface area contributed by atoms with E-state index >= 15 is 0 Å². The first-order valence-corrected chi connectivity index (χ1v) is 12.0. The molecule has 0 bridgehead atoms. The summed E-state index contributed by atoms with van der Waals surface area (Å²) in [5.74, 6) is -0.359. The van der Waals surface area contributed by atoms with Gasteiger partial charge in [-0.2, -0.15) is 0 Å². The van der Waals surface area contributed by atoms with Gasteiger partial charge in [-0.15, -0.1) is 6.58 Å². The van der Waals surface area contributed by atoms with Crippen molar-refractivity contribution in [1.82, 2.24) is 4.57 Å². The second kappa shape index (κ2) is 10.5. The molecule has 4 rings (SSSR count). The summed E-state index contributed by atoms with van der Waals surface area (Å²) in [6.07, 6.45) is 3.41. The standard InChI is InChI=1S/C30H30N2O3/c1-5-8-13-26(31-35-29(33)6-2)21-14-16-27-24(18-21)25-19-22(15-17-28(25)32(27)7-3)30(34)23-12-10-9-11-20(23)4/h5,9-12,14-19H,1,6-8,13H2,2-4H3/b31-26+. The number of hydrogen-bond acceptors (Lipinski definition) is 4. The molecule has 0 fully saturated rings. The van der Waals surface area contributed by atoms with Crippen LogP contribution in [0.5, 0.6) is 0 Å². The van der Waals surface area contributed by atoms with E-state index in [-0.39, 0.29) is 18.2 Å². The van der Waals surface area contributed by atoms with E-state index in [4.69, 9.17) is 4.84 Å². The fourth-order valence-electron chi connectivity index (χ4n) is 4.40. The number of hydrogen-bond donors (Lipinski definition) is 0. The molecule has 5 nitrogen and oxygen atoms in total. The largest absolute Gasteiger partial charge is 0.341 e. The molecule has 1 heterocycles. The number of nitrogens with zero attached hydrogens (tertiary/aromatic N) is 2. The number of aromatic nitrogens is 1. The minimum absolute atomic E-state index is 0.0123. The minimum Gasteiger partial charge on any atom is -0.341 e. The van der Waals surface area contributed by atoms with Crippen LogP contribution in [0, 0.1) is 6.92 Å². The zero-order valence-corrected chi connectivity index (χ0v) is 20.5. The van der Waals surface area contributed by atoms with Crippen LogP contribution in [0.2, 0.25) is 0 Å². The van der Waals surface area contributed by atoms with Crippen LogP contribution >= 0.6 is 0 Å². The smallest absolute Gasteiger partial charge is 0.334 e. The normalized spacial score (nSPS) is 11.7. The van der Waals surface area contributed by atoms with Crippen molar-refractivity contribution in [1.29, 1.82) is 0 Å². The average Bonchev–Trinajstić information content (AvgIpc) is 3.20. The van der Waals surface area contributed by atoms with Crippen molar-refractivity contribution in [3.63, 3.8) is 0 Å². The number of ketones is 1. The molecule has 0 spiro atoms. The summed E-state index contributed by atoms with van der Waals surface area (Å²) >= 11 is 0. The predicted octanol–water partition coefficient (Wildman–Crippen LogP) is 6.98. The van der Waals surface area contributed by atoms with Gasteiger partial charge in [-0.05, 0) is 62.6 Å². The highest BCUT2D eigenvalue weighted by atomic mass is 16.7. The Labute approximate surface area is 205 Å². The van der Waals surface area contributed by atoms with E-state index in [1.54, 1.807) is 6.92 Å². The highest BCUT2D eigenvalue weighted by molar-refractivity contribution is 6.16. The van der Waals surface area contributed by atoms with Crippen molar-refractivity contribution in [3.8, 4) is 0 Å². The topological polar surface area (TPSA) is 60.7 Å². The molecule has 0 saturated heterocycles. The molecule has 5 heteroatoms. The van der Waals surface area contributed by atoms with Crippen LogP contribution in [-0.4, -0.2) is 22.0 Å². The Morgan fingerprint density at radius 3 is 2.26 bits per heavy atom. The fraction of sp³-hybridized carbons (Fsp3) is 0.233. The van der Waals surface area contributed by atoms with Crippen LogP contribution in [0.1, 0.15) is 60.2 Å². The number of benzene rings is 3. The van der Waals surface area contributed by atoms with Gasteiger partial charge in [0.15, 0.2) is 5.78 Å². The molecule has 0 aliphatic heterocycles. The number of aryl methyl sites for hydroxylation is 2. The van der Waals surface area contributed by atoms with Crippen molar-refractivity contribution in [2.45, 2.75) is 46.6 Å². The molecule has 0 amide bonds. The van der Waals surface area contributed by atoms with Crippen LogP contribution < -0.4 is 0 Å². The van der Waals surface area contributed by atoms with Gasteiger partial charge in [0, 0.05) is 51.5 Å². The SMILES string of the molecule is C=CCC/C(=N\OC(=O)CC)c1ccc2c(c1)c1cc(C(=O)c3ccccc3C)ccc1n2CC. The molecule has 35 heavy (non-hydrogen) atoms. The van der Waals surface area contributed by atoms with Crippen LogP contribution in [-0.2, 0) is 16.2 Å². The van der Waals surface area contributed by atoms with Gasteiger partial charge in [-0.3, -0.25) is 4.79 Å². The molecule has 0 N–H and O–H groups in total. The zero-order chi connectivity index (χ0) is 24.9. The summed E-state index contributed by atoms with van der Waals surface area (Å²) < 4.78 is 2.24. The highest BCUT2D eigenvalue weighted by Gasteiger charge is 2.17. The summed E-state index contributed by atoms with van der Waals surface area (Å²) in [6.45, 7) is 10.4. The lowest BCUT2D eigenvalue weighted by Gasteiger charge is -2.07. The van der Waals surface area contributed by atoms with Crippen molar-refractivity contribution >= 4 is 39.3 Å². The molecule has 3 aromatic carbocycles. The maximum absolute atomic E-state index is 13.3. The number of oxime groups is 1.